The Morgan fingerprint density at radius 1 is 1.50 bits per heavy atom. The molecule has 1 unspecified atom stereocenters. The van der Waals surface area contributed by atoms with Crippen LogP contribution in [-0.4, -0.2) is 24.0 Å². The monoisotopic (exact) mass is 288 g/mol. The highest BCUT2D eigenvalue weighted by atomic mass is 79.9. The molecule has 92 valence electrons. The van der Waals surface area contributed by atoms with Crippen LogP contribution in [-0.2, 0) is 0 Å². The minimum Gasteiger partial charge on any atom is -0.466 e. The van der Waals surface area contributed by atoms with Gasteiger partial charge >= 0.3 is 0 Å². The number of nitrogens with zero attached hydrogens (tertiary/aromatic N) is 1. The van der Waals surface area contributed by atoms with Gasteiger partial charge in [-0.3, -0.25) is 4.90 Å². The van der Waals surface area contributed by atoms with Gasteiger partial charge in [0.05, 0.1) is 16.8 Å². The molecule has 0 fully saturated rings. The van der Waals surface area contributed by atoms with Crippen molar-refractivity contribution in [1.29, 1.82) is 0 Å². The molecule has 0 radical (unpaired) electrons. The fourth-order valence-corrected chi connectivity index (χ4v) is 2.43. The van der Waals surface area contributed by atoms with E-state index in [1.54, 1.807) is 6.26 Å². The molecule has 1 rings (SSSR count). The largest absolute Gasteiger partial charge is 0.466 e. The molecule has 0 amide bonds. The summed E-state index contributed by atoms with van der Waals surface area (Å²) >= 11 is 3.50. The van der Waals surface area contributed by atoms with Crippen LogP contribution >= 0.6 is 15.9 Å². The number of halogens is 1. The molecule has 1 atom stereocenters. The molecule has 4 heteroatoms. The first-order valence-corrected chi connectivity index (χ1v) is 6.59. The Labute approximate surface area is 106 Å². The van der Waals surface area contributed by atoms with Gasteiger partial charge in [-0.15, -0.1) is 0 Å². The highest BCUT2D eigenvalue weighted by Gasteiger charge is 2.25. The first-order valence-electron chi connectivity index (χ1n) is 5.80. The van der Waals surface area contributed by atoms with Crippen molar-refractivity contribution in [3.63, 3.8) is 0 Å². The van der Waals surface area contributed by atoms with Crippen LogP contribution in [0.4, 0.5) is 0 Å². The molecule has 0 saturated heterocycles. The van der Waals surface area contributed by atoms with Crippen LogP contribution in [0.5, 0.6) is 0 Å². The van der Waals surface area contributed by atoms with Crippen molar-refractivity contribution in [2.45, 2.75) is 39.3 Å². The maximum Gasteiger partial charge on any atom is 0.136 e. The quantitative estimate of drug-likeness (QED) is 0.874. The van der Waals surface area contributed by atoms with Crippen LogP contribution in [0.1, 0.15) is 39.0 Å². The maximum atomic E-state index is 5.88. The Hall–Kier alpha value is -0.320. The van der Waals surface area contributed by atoms with Crippen molar-refractivity contribution < 1.29 is 4.42 Å². The molecule has 0 aliphatic heterocycles. The van der Waals surface area contributed by atoms with E-state index in [1.807, 2.05) is 6.07 Å². The lowest BCUT2D eigenvalue weighted by Crippen LogP contribution is -2.39. The highest BCUT2D eigenvalue weighted by Crippen LogP contribution is 2.29. The normalized spacial score (nSPS) is 13.7. The molecular formula is C12H21BrN2O. The summed E-state index contributed by atoms with van der Waals surface area (Å²) in [5, 5.41) is 0. The topological polar surface area (TPSA) is 42.4 Å². The molecule has 0 saturated carbocycles. The summed E-state index contributed by atoms with van der Waals surface area (Å²) < 4.78 is 6.53. The Balaban J connectivity index is 2.90. The lowest BCUT2D eigenvalue weighted by molar-refractivity contribution is 0.139. The fraction of sp³-hybridized carbons (Fsp3) is 0.667. The molecule has 0 aliphatic carbocycles. The minimum atomic E-state index is 0.157. The lowest BCUT2D eigenvalue weighted by Gasteiger charge is -2.33. The SMILES string of the molecule is CCCN(C(C)C)C(CN)c1occc1Br. The molecule has 1 heterocycles. The molecule has 2 N–H and O–H groups in total. The van der Waals surface area contributed by atoms with E-state index >= 15 is 0 Å². The van der Waals surface area contributed by atoms with Crippen LogP contribution in [0.25, 0.3) is 0 Å². The Kier molecular flexibility index (Phi) is 5.52. The fourth-order valence-electron chi connectivity index (χ4n) is 1.97. The predicted octanol–water partition coefficient (Wildman–Crippen LogP) is 3.16. The highest BCUT2D eigenvalue weighted by molar-refractivity contribution is 9.10. The molecule has 1 aromatic rings. The molecule has 0 bridgehead atoms. The third-order valence-corrected chi connectivity index (χ3v) is 3.37. The average Bonchev–Trinajstić information content (AvgIpc) is 2.65. The van der Waals surface area contributed by atoms with Crippen LogP contribution in [0.2, 0.25) is 0 Å². The van der Waals surface area contributed by atoms with Crippen molar-refractivity contribution in [1.82, 2.24) is 4.90 Å². The van der Waals surface area contributed by atoms with E-state index in [9.17, 15) is 0 Å². The van der Waals surface area contributed by atoms with Crippen LogP contribution in [0.15, 0.2) is 21.2 Å². The summed E-state index contributed by atoms with van der Waals surface area (Å²) in [5.41, 5.74) is 5.88. The van der Waals surface area contributed by atoms with Crippen LogP contribution in [0.3, 0.4) is 0 Å². The van der Waals surface area contributed by atoms with E-state index in [-0.39, 0.29) is 6.04 Å². The zero-order chi connectivity index (χ0) is 12.1. The number of rotatable bonds is 6. The average molecular weight is 289 g/mol. The number of hydrogen-bond acceptors (Lipinski definition) is 3. The van der Waals surface area contributed by atoms with Gasteiger partial charge < -0.3 is 10.2 Å². The van der Waals surface area contributed by atoms with Crippen LogP contribution < -0.4 is 5.73 Å². The van der Waals surface area contributed by atoms with Crippen LogP contribution in [0, 0.1) is 0 Å². The van der Waals surface area contributed by atoms with Gasteiger partial charge in [0.1, 0.15) is 5.76 Å². The summed E-state index contributed by atoms with van der Waals surface area (Å²) in [6.45, 7) is 8.17. The summed E-state index contributed by atoms with van der Waals surface area (Å²) in [5.74, 6) is 0.935. The van der Waals surface area contributed by atoms with E-state index in [0.29, 0.717) is 12.6 Å². The number of nitrogens with two attached hydrogens (primary N) is 1. The van der Waals surface area contributed by atoms with Crippen molar-refractivity contribution >= 4 is 15.9 Å². The van der Waals surface area contributed by atoms with Gasteiger partial charge in [-0.25, -0.2) is 0 Å². The molecule has 3 nitrogen and oxygen atoms in total. The van der Waals surface area contributed by atoms with Gasteiger partial charge in [0.15, 0.2) is 0 Å². The molecule has 16 heavy (non-hydrogen) atoms. The Bertz CT molecular complexity index is 312. The van der Waals surface area contributed by atoms with E-state index in [0.717, 1.165) is 23.2 Å². The first-order chi connectivity index (χ1) is 7.61. The van der Waals surface area contributed by atoms with E-state index < -0.39 is 0 Å². The Morgan fingerprint density at radius 3 is 2.56 bits per heavy atom. The summed E-state index contributed by atoms with van der Waals surface area (Å²) in [7, 11) is 0. The smallest absolute Gasteiger partial charge is 0.136 e. The molecule has 1 aromatic heterocycles. The summed E-state index contributed by atoms with van der Waals surface area (Å²) in [6, 6.07) is 2.54. The molecular weight excluding hydrogens is 268 g/mol. The van der Waals surface area contributed by atoms with Crippen molar-refractivity contribution in [3.8, 4) is 0 Å². The summed E-state index contributed by atoms with van der Waals surface area (Å²) in [4.78, 5) is 2.38. The Morgan fingerprint density at radius 2 is 2.19 bits per heavy atom. The third-order valence-electron chi connectivity index (χ3n) is 2.72. The van der Waals surface area contributed by atoms with E-state index in [4.69, 9.17) is 10.2 Å². The van der Waals surface area contributed by atoms with Crippen molar-refractivity contribution in [2.24, 2.45) is 5.73 Å². The second kappa shape index (κ2) is 6.42. The number of hydrogen-bond donors (Lipinski definition) is 1. The van der Waals surface area contributed by atoms with Gasteiger partial charge in [0.2, 0.25) is 0 Å². The minimum absolute atomic E-state index is 0.157. The van der Waals surface area contributed by atoms with Gasteiger partial charge in [-0.2, -0.15) is 0 Å². The molecule has 0 spiro atoms. The van der Waals surface area contributed by atoms with E-state index in [1.165, 1.54) is 0 Å². The molecule has 0 aliphatic rings. The third kappa shape index (κ3) is 3.09. The second-order valence-corrected chi connectivity index (χ2v) is 5.07. The zero-order valence-electron chi connectivity index (χ0n) is 10.2. The standard InChI is InChI=1S/C12H21BrN2O/c1-4-6-15(9(2)3)11(8-14)12-10(13)5-7-16-12/h5,7,9,11H,4,6,8,14H2,1-3H3. The lowest BCUT2D eigenvalue weighted by atomic mass is 10.1. The number of furan rings is 1. The summed E-state index contributed by atoms with van der Waals surface area (Å²) in [6.07, 6.45) is 2.82. The van der Waals surface area contributed by atoms with Gasteiger partial charge in [0.25, 0.3) is 0 Å². The van der Waals surface area contributed by atoms with Crippen molar-refractivity contribution in [2.75, 3.05) is 13.1 Å². The molecule has 0 aromatic carbocycles. The van der Waals surface area contributed by atoms with E-state index in [2.05, 4.69) is 41.6 Å². The predicted molar refractivity (Wildman–Crippen MR) is 70.3 cm³/mol. The first kappa shape index (κ1) is 13.7. The second-order valence-electron chi connectivity index (χ2n) is 4.22. The van der Waals surface area contributed by atoms with Gasteiger partial charge in [-0.05, 0) is 48.8 Å². The van der Waals surface area contributed by atoms with Gasteiger partial charge in [-0.1, -0.05) is 6.92 Å². The van der Waals surface area contributed by atoms with Crippen molar-refractivity contribution in [3.05, 3.63) is 22.6 Å². The van der Waals surface area contributed by atoms with Gasteiger partial charge in [0, 0.05) is 12.6 Å². The zero-order valence-corrected chi connectivity index (χ0v) is 11.8. The maximum absolute atomic E-state index is 5.88.